The first-order chi connectivity index (χ1) is 12.6. The predicted molar refractivity (Wildman–Crippen MR) is 89.8 cm³/mol. The summed E-state index contributed by atoms with van der Waals surface area (Å²) in [5, 5.41) is 2.75. The highest BCUT2D eigenvalue weighted by Gasteiger charge is 2.09. The number of imidazole rings is 1. The van der Waals surface area contributed by atoms with Gasteiger partial charge in [-0.2, -0.15) is 8.78 Å². The number of carbonyl (C=O) groups is 1. The third-order valence-electron chi connectivity index (χ3n) is 3.56. The molecule has 0 bridgehead atoms. The molecule has 6 nitrogen and oxygen atoms in total. The molecule has 0 aliphatic rings. The Morgan fingerprint density at radius 3 is 2.77 bits per heavy atom. The minimum Gasteiger partial charge on any atom is -0.433 e. The molecule has 1 N–H and O–H groups in total. The number of alkyl halides is 2. The van der Waals surface area contributed by atoms with Crippen molar-refractivity contribution in [1.29, 1.82) is 0 Å². The van der Waals surface area contributed by atoms with Gasteiger partial charge in [-0.05, 0) is 23.3 Å². The van der Waals surface area contributed by atoms with E-state index in [-0.39, 0.29) is 11.4 Å². The Labute approximate surface area is 148 Å². The summed E-state index contributed by atoms with van der Waals surface area (Å²) in [6, 6.07) is 10.4. The molecule has 0 aliphatic carbocycles. The van der Waals surface area contributed by atoms with E-state index in [0.717, 1.165) is 17.3 Å². The number of hydrogen-bond acceptors (Lipinski definition) is 4. The van der Waals surface area contributed by atoms with Gasteiger partial charge in [-0.15, -0.1) is 0 Å². The lowest BCUT2D eigenvalue weighted by atomic mass is 10.1. The number of rotatable bonds is 7. The first-order valence-electron chi connectivity index (χ1n) is 7.83. The maximum Gasteiger partial charge on any atom is 0.387 e. The maximum atomic E-state index is 12.1. The summed E-state index contributed by atoms with van der Waals surface area (Å²) in [5.74, 6) is -0.489. The molecule has 0 atom stereocenters. The fourth-order valence-electron chi connectivity index (χ4n) is 2.39. The monoisotopic (exact) mass is 358 g/mol. The van der Waals surface area contributed by atoms with E-state index in [0.29, 0.717) is 13.1 Å². The van der Waals surface area contributed by atoms with Crippen LogP contribution in [0.15, 0.2) is 61.3 Å². The SMILES string of the molecule is O=C(NCc1cccc(Cn2ccnc2)c1)c1ccc(OC(F)F)cn1. The normalized spacial score (nSPS) is 10.7. The topological polar surface area (TPSA) is 69.0 Å². The smallest absolute Gasteiger partial charge is 0.387 e. The molecule has 0 fully saturated rings. The van der Waals surface area contributed by atoms with E-state index in [4.69, 9.17) is 0 Å². The average molecular weight is 358 g/mol. The average Bonchev–Trinajstić information content (AvgIpc) is 3.13. The minimum atomic E-state index is -2.92. The number of halogens is 2. The Kier molecular flexibility index (Phi) is 5.52. The van der Waals surface area contributed by atoms with Gasteiger partial charge in [-0.3, -0.25) is 4.79 Å². The molecule has 26 heavy (non-hydrogen) atoms. The molecule has 134 valence electrons. The number of hydrogen-bond donors (Lipinski definition) is 1. The second kappa shape index (κ2) is 8.19. The van der Waals surface area contributed by atoms with Crippen LogP contribution >= 0.6 is 0 Å². The fraction of sp³-hybridized carbons (Fsp3) is 0.167. The van der Waals surface area contributed by atoms with Gasteiger partial charge in [0.05, 0.1) is 12.5 Å². The Balaban J connectivity index is 1.57. The third kappa shape index (κ3) is 4.85. The second-order valence-electron chi connectivity index (χ2n) is 5.50. The van der Waals surface area contributed by atoms with E-state index >= 15 is 0 Å². The van der Waals surface area contributed by atoms with Gasteiger partial charge >= 0.3 is 6.61 Å². The van der Waals surface area contributed by atoms with Crippen molar-refractivity contribution in [2.75, 3.05) is 0 Å². The van der Waals surface area contributed by atoms with Crippen LogP contribution in [0.1, 0.15) is 21.6 Å². The number of benzene rings is 1. The van der Waals surface area contributed by atoms with Crippen molar-refractivity contribution in [3.63, 3.8) is 0 Å². The highest BCUT2D eigenvalue weighted by atomic mass is 19.3. The van der Waals surface area contributed by atoms with Crippen LogP contribution in [0.2, 0.25) is 0 Å². The zero-order valence-corrected chi connectivity index (χ0v) is 13.7. The zero-order chi connectivity index (χ0) is 18.4. The summed E-state index contributed by atoms with van der Waals surface area (Å²) in [6.45, 7) is -1.91. The van der Waals surface area contributed by atoms with Crippen LogP contribution in [0.25, 0.3) is 0 Å². The molecule has 8 heteroatoms. The minimum absolute atomic E-state index is 0.0937. The van der Waals surface area contributed by atoms with Crippen molar-refractivity contribution >= 4 is 5.91 Å². The Hall–Kier alpha value is -3.29. The van der Waals surface area contributed by atoms with E-state index in [2.05, 4.69) is 20.0 Å². The Morgan fingerprint density at radius 2 is 2.08 bits per heavy atom. The van der Waals surface area contributed by atoms with Gasteiger partial charge in [0.15, 0.2) is 0 Å². The second-order valence-corrected chi connectivity index (χ2v) is 5.50. The molecule has 3 rings (SSSR count). The highest BCUT2D eigenvalue weighted by Crippen LogP contribution is 2.13. The van der Waals surface area contributed by atoms with E-state index in [1.807, 2.05) is 35.0 Å². The lowest BCUT2D eigenvalue weighted by Crippen LogP contribution is -2.23. The van der Waals surface area contributed by atoms with Gasteiger partial charge in [0, 0.05) is 25.5 Å². The van der Waals surface area contributed by atoms with Crippen molar-refractivity contribution in [2.45, 2.75) is 19.7 Å². The van der Waals surface area contributed by atoms with E-state index in [9.17, 15) is 13.6 Å². The van der Waals surface area contributed by atoms with Crippen molar-refractivity contribution in [2.24, 2.45) is 0 Å². The molecule has 0 saturated heterocycles. The number of nitrogens with zero attached hydrogens (tertiary/aromatic N) is 3. The van der Waals surface area contributed by atoms with E-state index < -0.39 is 12.5 Å². The number of amides is 1. The number of pyridine rings is 1. The quantitative estimate of drug-likeness (QED) is 0.705. The van der Waals surface area contributed by atoms with E-state index in [1.54, 1.807) is 12.5 Å². The predicted octanol–water partition coefficient (Wildman–Crippen LogP) is 2.86. The van der Waals surface area contributed by atoms with Crippen molar-refractivity contribution in [1.82, 2.24) is 19.9 Å². The van der Waals surface area contributed by atoms with Crippen LogP contribution in [0, 0.1) is 0 Å². The number of carbonyl (C=O) groups excluding carboxylic acids is 1. The van der Waals surface area contributed by atoms with Gasteiger partial charge in [-0.1, -0.05) is 24.3 Å². The van der Waals surface area contributed by atoms with Crippen LogP contribution in [0.4, 0.5) is 8.78 Å². The Morgan fingerprint density at radius 1 is 1.23 bits per heavy atom. The molecular formula is C18H16F2N4O2. The van der Waals surface area contributed by atoms with Crippen LogP contribution in [-0.4, -0.2) is 27.1 Å². The highest BCUT2D eigenvalue weighted by molar-refractivity contribution is 5.92. The van der Waals surface area contributed by atoms with Crippen LogP contribution in [0.5, 0.6) is 5.75 Å². The van der Waals surface area contributed by atoms with Crippen LogP contribution < -0.4 is 10.1 Å². The molecule has 0 unspecified atom stereocenters. The molecule has 0 aliphatic heterocycles. The lowest BCUT2D eigenvalue weighted by Gasteiger charge is -2.08. The summed E-state index contributed by atoms with van der Waals surface area (Å²) in [7, 11) is 0. The number of nitrogens with one attached hydrogen (secondary N) is 1. The van der Waals surface area contributed by atoms with Crippen molar-refractivity contribution in [3.8, 4) is 5.75 Å². The lowest BCUT2D eigenvalue weighted by molar-refractivity contribution is -0.0500. The standard InChI is InChI=1S/C18H16F2N4O2/c19-18(20)26-15-4-5-16(22-10-15)17(25)23-9-13-2-1-3-14(8-13)11-24-7-6-21-12-24/h1-8,10,12,18H,9,11H2,(H,23,25). The van der Waals surface area contributed by atoms with Crippen LogP contribution in [-0.2, 0) is 13.1 Å². The van der Waals surface area contributed by atoms with Gasteiger partial charge < -0.3 is 14.6 Å². The summed E-state index contributed by atoms with van der Waals surface area (Å²) < 4.78 is 30.4. The fourth-order valence-corrected chi connectivity index (χ4v) is 2.39. The molecule has 0 spiro atoms. The molecule has 2 heterocycles. The summed E-state index contributed by atoms with van der Waals surface area (Å²) in [5.41, 5.74) is 2.15. The molecule has 0 saturated carbocycles. The summed E-state index contributed by atoms with van der Waals surface area (Å²) in [6.07, 6.45) is 6.42. The first-order valence-corrected chi connectivity index (χ1v) is 7.83. The van der Waals surface area contributed by atoms with Crippen LogP contribution in [0.3, 0.4) is 0 Å². The largest absolute Gasteiger partial charge is 0.433 e. The molecule has 2 aromatic heterocycles. The van der Waals surface area contributed by atoms with Gasteiger partial charge in [0.25, 0.3) is 5.91 Å². The first kappa shape index (κ1) is 17.5. The molecule has 1 aromatic carbocycles. The number of ether oxygens (including phenoxy) is 1. The van der Waals surface area contributed by atoms with Crippen molar-refractivity contribution < 1.29 is 18.3 Å². The van der Waals surface area contributed by atoms with Gasteiger partial charge in [0.2, 0.25) is 0 Å². The number of aromatic nitrogens is 3. The maximum absolute atomic E-state index is 12.1. The van der Waals surface area contributed by atoms with E-state index in [1.165, 1.54) is 12.1 Å². The van der Waals surface area contributed by atoms with Crippen molar-refractivity contribution in [3.05, 3.63) is 78.1 Å². The third-order valence-corrected chi connectivity index (χ3v) is 3.56. The molecular weight excluding hydrogens is 342 g/mol. The zero-order valence-electron chi connectivity index (χ0n) is 13.7. The molecule has 0 radical (unpaired) electrons. The molecule has 3 aromatic rings. The Bertz CT molecular complexity index is 852. The molecule has 1 amide bonds. The summed E-state index contributed by atoms with van der Waals surface area (Å²) in [4.78, 5) is 20.0. The summed E-state index contributed by atoms with van der Waals surface area (Å²) >= 11 is 0. The van der Waals surface area contributed by atoms with Gasteiger partial charge in [0.1, 0.15) is 11.4 Å². The van der Waals surface area contributed by atoms with Gasteiger partial charge in [-0.25, -0.2) is 9.97 Å².